The molecule has 0 bridgehead atoms. The fraction of sp³-hybridized carbons (Fsp3) is 0.429. The molecule has 14 heavy (non-hydrogen) atoms. The molecule has 0 aliphatic heterocycles. The Hall–Kier alpha value is -1.08. The van der Waals surface area contributed by atoms with E-state index in [4.69, 9.17) is 5.84 Å². The Labute approximate surface area is 90.1 Å². The molecule has 2 amide bonds. The summed E-state index contributed by atoms with van der Waals surface area (Å²) in [7, 11) is 3.26. The Morgan fingerprint density at radius 2 is 2.50 bits per heavy atom. The Morgan fingerprint density at radius 3 is 3.00 bits per heavy atom. The summed E-state index contributed by atoms with van der Waals surface area (Å²) in [6.07, 6.45) is 1.72. The Bertz CT molecular complexity index is 335. The first-order valence-electron chi connectivity index (χ1n) is 3.92. The number of urea groups is 1. The smallest absolute Gasteiger partial charge is 0.304 e. The Morgan fingerprint density at radius 1 is 1.86 bits per heavy atom. The molecule has 1 aromatic rings. The van der Waals surface area contributed by atoms with E-state index in [2.05, 4.69) is 26.3 Å². The van der Waals surface area contributed by atoms with Crippen LogP contribution < -0.4 is 11.2 Å². The van der Waals surface area contributed by atoms with Crippen LogP contribution in [0.3, 0.4) is 0 Å². The van der Waals surface area contributed by atoms with Crippen LogP contribution in [0.15, 0.2) is 6.20 Å². The number of carbonyl (C=O) groups is 1. The average Bonchev–Trinajstić information content (AvgIpc) is 2.45. The molecule has 1 rings (SSSR count). The van der Waals surface area contributed by atoms with Crippen LogP contribution in [0.4, 0.5) is 10.5 Å². The van der Waals surface area contributed by atoms with Gasteiger partial charge in [-0.25, -0.2) is 10.6 Å². The van der Waals surface area contributed by atoms with E-state index in [1.165, 1.54) is 7.05 Å². The second-order valence-electron chi connectivity index (χ2n) is 2.84. The number of halogens is 1. The molecule has 1 heterocycles. The first-order chi connectivity index (χ1) is 6.54. The van der Waals surface area contributed by atoms with Crippen LogP contribution in [0.25, 0.3) is 0 Å². The van der Waals surface area contributed by atoms with Crippen LogP contribution in [0.2, 0.25) is 0 Å². The summed E-state index contributed by atoms with van der Waals surface area (Å²) < 4.78 is 1.63. The molecule has 3 N–H and O–H groups in total. The van der Waals surface area contributed by atoms with Crippen molar-refractivity contribution in [3.05, 3.63) is 11.9 Å². The fourth-order valence-electron chi connectivity index (χ4n) is 0.941. The van der Waals surface area contributed by atoms with Gasteiger partial charge in [0.15, 0.2) is 0 Å². The van der Waals surface area contributed by atoms with Gasteiger partial charge in [0.2, 0.25) is 0 Å². The van der Waals surface area contributed by atoms with Gasteiger partial charge in [0.1, 0.15) is 0 Å². The maximum atomic E-state index is 11.2. The van der Waals surface area contributed by atoms with Gasteiger partial charge >= 0.3 is 6.03 Å². The van der Waals surface area contributed by atoms with E-state index in [0.717, 1.165) is 10.7 Å². The van der Waals surface area contributed by atoms with E-state index in [-0.39, 0.29) is 6.03 Å². The number of amides is 2. The maximum absolute atomic E-state index is 11.2. The van der Waals surface area contributed by atoms with Crippen LogP contribution >= 0.6 is 15.9 Å². The molecule has 0 aliphatic carbocycles. The number of hydrogen-bond donors (Lipinski definition) is 2. The number of hydrazine groups is 1. The van der Waals surface area contributed by atoms with Crippen molar-refractivity contribution < 1.29 is 4.79 Å². The number of aryl methyl sites for hydroxylation is 1. The number of nitrogens with zero attached hydrogens (tertiary/aromatic N) is 3. The summed E-state index contributed by atoms with van der Waals surface area (Å²) in [5.74, 6) is 5.26. The molecule has 7 heteroatoms. The van der Waals surface area contributed by atoms with Gasteiger partial charge in [-0.05, 0) is 0 Å². The van der Waals surface area contributed by atoms with Gasteiger partial charge in [-0.15, -0.1) is 0 Å². The van der Waals surface area contributed by atoms with E-state index < -0.39 is 0 Å². The van der Waals surface area contributed by atoms with Crippen molar-refractivity contribution in [3.63, 3.8) is 0 Å². The summed E-state index contributed by atoms with van der Waals surface area (Å²) in [4.78, 5) is 11.2. The van der Waals surface area contributed by atoms with Crippen molar-refractivity contribution in [2.45, 2.75) is 5.33 Å². The van der Waals surface area contributed by atoms with Crippen molar-refractivity contribution in [1.29, 1.82) is 0 Å². The van der Waals surface area contributed by atoms with Gasteiger partial charge < -0.3 is 5.32 Å². The third-order valence-corrected chi connectivity index (χ3v) is 2.12. The predicted octanol–water partition coefficient (Wildman–Crippen LogP) is 0.652. The number of nitrogens with two attached hydrogens (primary N) is 1. The summed E-state index contributed by atoms with van der Waals surface area (Å²) >= 11 is 3.28. The molecule has 0 atom stereocenters. The standard InChI is InChI=1S/C7H12BrN5O/c1-12-4-6(5(3-8)11-12)10-7(14)13(2)9/h4H,3,9H2,1-2H3,(H,10,14). The molecular weight excluding hydrogens is 250 g/mol. The minimum atomic E-state index is -0.375. The van der Waals surface area contributed by atoms with Gasteiger partial charge in [-0.1, -0.05) is 15.9 Å². The highest BCUT2D eigenvalue weighted by molar-refractivity contribution is 9.08. The van der Waals surface area contributed by atoms with E-state index in [1.54, 1.807) is 17.9 Å². The minimum absolute atomic E-state index is 0.375. The molecule has 0 fully saturated rings. The van der Waals surface area contributed by atoms with Crippen molar-refractivity contribution >= 4 is 27.6 Å². The molecule has 0 saturated carbocycles. The third kappa shape index (κ3) is 2.46. The highest BCUT2D eigenvalue weighted by Gasteiger charge is 2.10. The van der Waals surface area contributed by atoms with Crippen molar-refractivity contribution in [3.8, 4) is 0 Å². The van der Waals surface area contributed by atoms with Crippen LogP contribution in [-0.2, 0) is 12.4 Å². The molecule has 0 aliphatic rings. The zero-order valence-corrected chi connectivity index (χ0v) is 9.58. The first kappa shape index (κ1) is 11.0. The lowest BCUT2D eigenvalue weighted by Gasteiger charge is -2.10. The van der Waals surface area contributed by atoms with E-state index >= 15 is 0 Å². The maximum Gasteiger partial charge on any atom is 0.335 e. The van der Waals surface area contributed by atoms with Gasteiger partial charge in [-0.3, -0.25) is 9.69 Å². The largest absolute Gasteiger partial charge is 0.335 e. The van der Waals surface area contributed by atoms with Crippen molar-refractivity contribution in [1.82, 2.24) is 14.8 Å². The summed E-state index contributed by atoms with van der Waals surface area (Å²) in [6, 6.07) is -0.375. The summed E-state index contributed by atoms with van der Waals surface area (Å²) in [5.41, 5.74) is 1.43. The van der Waals surface area contributed by atoms with E-state index in [0.29, 0.717) is 11.0 Å². The zero-order valence-electron chi connectivity index (χ0n) is 7.99. The molecule has 78 valence electrons. The van der Waals surface area contributed by atoms with E-state index in [1.807, 2.05) is 0 Å². The zero-order chi connectivity index (χ0) is 10.7. The number of alkyl halides is 1. The molecule has 6 nitrogen and oxygen atoms in total. The van der Waals surface area contributed by atoms with Crippen LogP contribution in [0, 0.1) is 0 Å². The SMILES string of the molecule is CN(N)C(=O)Nc1cn(C)nc1CBr. The van der Waals surface area contributed by atoms with Crippen molar-refractivity contribution in [2.75, 3.05) is 12.4 Å². The second-order valence-corrected chi connectivity index (χ2v) is 3.40. The number of nitrogens with one attached hydrogen (secondary N) is 1. The van der Waals surface area contributed by atoms with E-state index in [9.17, 15) is 4.79 Å². The summed E-state index contributed by atoms with van der Waals surface area (Å²) in [5, 5.41) is 8.33. The highest BCUT2D eigenvalue weighted by atomic mass is 79.9. The monoisotopic (exact) mass is 261 g/mol. The summed E-state index contributed by atoms with van der Waals surface area (Å²) in [6.45, 7) is 0. The average molecular weight is 262 g/mol. The quantitative estimate of drug-likeness (QED) is 0.355. The lowest BCUT2D eigenvalue weighted by atomic mass is 10.4. The van der Waals surface area contributed by atoms with Crippen LogP contribution in [-0.4, -0.2) is 27.9 Å². The van der Waals surface area contributed by atoms with Crippen LogP contribution in [0.5, 0.6) is 0 Å². The molecule has 0 unspecified atom stereocenters. The number of hydrogen-bond acceptors (Lipinski definition) is 3. The number of rotatable bonds is 2. The fourth-order valence-corrected chi connectivity index (χ4v) is 1.36. The van der Waals surface area contributed by atoms with Gasteiger partial charge in [0.25, 0.3) is 0 Å². The molecular formula is C7H12BrN5O. The topological polar surface area (TPSA) is 76.2 Å². The minimum Gasteiger partial charge on any atom is -0.304 e. The number of aromatic nitrogens is 2. The van der Waals surface area contributed by atoms with Crippen LogP contribution in [0.1, 0.15) is 5.69 Å². The Balaban J connectivity index is 2.80. The second kappa shape index (κ2) is 4.43. The normalized spacial score (nSPS) is 10.0. The van der Waals surface area contributed by atoms with Gasteiger partial charge in [0.05, 0.1) is 11.4 Å². The molecule has 1 aromatic heterocycles. The lowest BCUT2D eigenvalue weighted by molar-refractivity contribution is 0.223. The molecule has 0 saturated heterocycles. The van der Waals surface area contributed by atoms with Crippen molar-refractivity contribution in [2.24, 2.45) is 12.9 Å². The molecule has 0 spiro atoms. The third-order valence-electron chi connectivity index (χ3n) is 1.59. The van der Waals surface area contributed by atoms with Gasteiger partial charge in [-0.2, -0.15) is 5.10 Å². The number of anilines is 1. The molecule has 0 aromatic carbocycles. The predicted molar refractivity (Wildman–Crippen MR) is 56.8 cm³/mol. The Kier molecular flexibility index (Phi) is 3.48. The molecule has 0 radical (unpaired) electrons. The van der Waals surface area contributed by atoms with Gasteiger partial charge in [0, 0.05) is 25.6 Å². The highest BCUT2D eigenvalue weighted by Crippen LogP contribution is 2.15. The lowest BCUT2D eigenvalue weighted by Crippen LogP contribution is -2.36. The first-order valence-corrected chi connectivity index (χ1v) is 5.04. The number of carbonyl (C=O) groups excluding carboxylic acids is 1.